The smallest absolute Gasteiger partial charge is 0.194 e. The Kier molecular flexibility index (Phi) is 6.66. The van der Waals surface area contributed by atoms with E-state index in [-0.39, 0.29) is 0 Å². The lowest BCUT2D eigenvalue weighted by molar-refractivity contribution is 0.259. The average Bonchev–Trinajstić information content (AvgIpc) is 3.26. The summed E-state index contributed by atoms with van der Waals surface area (Å²) < 4.78 is 0. The first-order chi connectivity index (χ1) is 11.4. The zero-order valence-corrected chi connectivity index (χ0v) is 15.2. The van der Waals surface area contributed by atoms with Crippen LogP contribution in [-0.4, -0.2) is 97.1 Å². The van der Waals surface area contributed by atoms with Crippen LogP contribution in [0.4, 0.5) is 0 Å². The molecule has 0 aromatic rings. The van der Waals surface area contributed by atoms with Crippen LogP contribution in [0.25, 0.3) is 0 Å². The van der Waals surface area contributed by atoms with Crippen LogP contribution in [0.1, 0.15) is 13.3 Å². The van der Waals surface area contributed by atoms with E-state index < -0.39 is 0 Å². The predicted octanol–water partition coefficient (Wildman–Crippen LogP) is 0.947. The third kappa shape index (κ3) is 4.88. The van der Waals surface area contributed by atoms with Crippen molar-refractivity contribution in [2.75, 3.05) is 70.4 Å². The maximum absolute atomic E-state index is 4.90. The van der Waals surface area contributed by atoms with Gasteiger partial charge in [0.15, 0.2) is 5.96 Å². The summed E-state index contributed by atoms with van der Waals surface area (Å²) in [5.74, 6) is 3.68. The van der Waals surface area contributed by atoms with Crippen molar-refractivity contribution < 1.29 is 0 Å². The van der Waals surface area contributed by atoms with Crippen molar-refractivity contribution in [1.29, 1.82) is 0 Å². The van der Waals surface area contributed by atoms with Gasteiger partial charge in [0.05, 0.1) is 6.54 Å². The third-order valence-electron chi connectivity index (χ3n) is 4.94. The van der Waals surface area contributed by atoms with Gasteiger partial charge in [-0.1, -0.05) is 12.2 Å². The van der Waals surface area contributed by atoms with Gasteiger partial charge < -0.3 is 10.2 Å². The predicted molar refractivity (Wildman–Crippen MR) is 100 cm³/mol. The van der Waals surface area contributed by atoms with E-state index in [4.69, 9.17) is 4.99 Å². The molecule has 1 N–H and O–H groups in total. The molecule has 3 rings (SSSR count). The average molecular weight is 338 g/mol. The number of aliphatic imine (C=N–C) groups is 1. The molecule has 3 aliphatic heterocycles. The van der Waals surface area contributed by atoms with Crippen molar-refractivity contribution >= 4 is 17.7 Å². The normalized spacial score (nSPS) is 27.1. The van der Waals surface area contributed by atoms with Crippen molar-refractivity contribution in [3.63, 3.8) is 0 Å². The Labute approximate surface area is 145 Å². The highest BCUT2D eigenvalue weighted by Gasteiger charge is 2.29. The second-order valence-electron chi connectivity index (χ2n) is 6.50. The maximum Gasteiger partial charge on any atom is 0.194 e. The molecule has 0 saturated carbocycles. The van der Waals surface area contributed by atoms with Gasteiger partial charge in [0, 0.05) is 69.9 Å². The van der Waals surface area contributed by atoms with Gasteiger partial charge in [-0.2, -0.15) is 11.8 Å². The van der Waals surface area contributed by atoms with Gasteiger partial charge in [-0.25, -0.2) is 0 Å². The van der Waals surface area contributed by atoms with Crippen molar-refractivity contribution in [2.24, 2.45) is 4.99 Å². The topological polar surface area (TPSA) is 34.1 Å². The second-order valence-corrected chi connectivity index (χ2v) is 7.73. The van der Waals surface area contributed by atoms with Gasteiger partial charge in [-0.05, 0) is 13.3 Å². The van der Waals surface area contributed by atoms with Crippen LogP contribution in [0.5, 0.6) is 0 Å². The second kappa shape index (κ2) is 8.94. The van der Waals surface area contributed by atoms with E-state index in [1.807, 2.05) is 0 Å². The highest BCUT2D eigenvalue weighted by Crippen LogP contribution is 2.18. The Morgan fingerprint density at radius 3 is 2.74 bits per heavy atom. The molecule has 0 aromatic heterocycles. The number of rotatable bonds is 5. The van der Waals surface area contributed by atoms with E-state index in [0.29, 0.717) is 6.04 Å². The molecule has 3 heterocycles. The summed E-state index contributed by atoms with van der Waals surface area (Å²) in [6.45, 7) is 12.1. The molecule has 2 fully saturated rings. The summed E-state index contributed by atoms with van der Waals surface area (Å²) in [7, 11) is 0. The number of hydrogen-bond donors (Lipinski definition) is 1. The van der Waals surface area contributed by atoms with Crippen LogP contribution in [0.3, 0.4) is 0 Å². The van der Waals surface area contributed by atoms with Gasteiger partial charge in [-0.15, -0.1) is 0 Å². The fourth-order valence-electron chi connectivity index (χ4n) is 3.57. The molecule has 0 bridgehead atoms. The lowest BCUT2D eigenvalue weighted by Gasteiger charge is -2.27. The lowest BCUT2D eigenvalue weighted by Crippen LogP contribution is -2.43. The molecule has 0 amide bonds. The first kappa shape index (κ1) is 17.1. The molecule has 23 heavy (non-hydrogen) atoms. The van der Waals surface area contributed by atoms with E-state index in [1.54, 1.807) is 0 Å². The number of likely N-dealkylation sites (tertiary alicyclic amines) is 1. The molecule has 5 nitrogen and oxygen atoms in total. The van der Waals surface area contributed by atoms with Gasteiger partial charge in [0.1, 0.15) is 0 Å². The minimum atomic E-state index is 0.688. The van der Waals surface area contributed by atoms with Gasteiger partial charge in [-0.3, -0.25) is 14.8 Å². The SMILES string of the molecule is CCNC(=NCCN1CCSCC1)N1CCC(N2CC=CC2)C1. The monoisotopic (exact) mass is 337 g/mol. The van der Waals surface area contributed by atoms with Gasteiger partial charge in [0.2, 0.25) is 0 Å². The first-order valence-electron chi connectivity index (χ1n) is 9.09. The minimum Gasteiger partial charge on any atom is -0.357 e. The van der Waals surface area contributed by atoms with Crippen LogP contribution in [0, 0.1) is 0 Å². The number of thioether (sulfide) groups is 1. The standard InChI is InChI=1S/C17H31N5S/c1-2-18-17(19-6-10-20-11-13-23-14-12-20)22-9-5-16(15-22)21-7-3-4-8-21/h3-4,16H,2,5-15H2,1H3,(H,18,19). The van der Waals surface area contributed by atoms with Crippen molar-refractivity contribution in [3.8, 4) is 0 Å². The van der Waals surface area contributed by atoms with E-state index in [0.717, 1.165) is 51.8 Å². The molecular weight excluding hydrogens is 306 g/mol. The van der Waals surface area contributed by atoms with Crippen LogP contribution in [0.2, 0.25) is 0 Å². The van der Waals surface area contributed by atoms with Crippen LogP contribution >= 0.6 is 11.8 Å². The molecule has 3 aliphatic rings. The van der Waals surface area contributed by atoms with E-state index in [9.17, 15) is 0 Å². The molecule has 6 heteroatoms. The fourth-order valence-corrected chi connectivity index (χ4v) is 4.55. The first-order valence-corrected chi connectivity index (χ1v) is 10.2. The molecule has 0 radical (unpaired) electrons. The molecule has 0 spiro atoms. The van der Waals surface area contributed by atoms with E-state index in [1.165, 1.54) is 31.0 Å². The molecule has 1 atom stereocenters. The van der Waals surface area contributed by atoms with E-state index >= 15 is 0 Å². The van der Waals surface area contributed by atoms with E-state index in [2.05, 4.69) is 50.9 Å². The van der Waals surface area contributed by atoms with Gasteiger partial charge in [0.25, 0.3) is 0 Å². The molecule has 2 saturated heterocycles. The van der Waals surface area contributed by atoms with Crippen LogP contribution in [-0.2, 0) is 0 Å². The number of nitrogens with one attached hydrogen (secondary N) is 1. The van der Waals surface area contributed by atoms with Crippen molar-refractivity contribution in [2.45, 2.75) is 19.4 Å². The number of nitrogens with zero attached hydrogens (tertiary/aromatic N) is 4. The van der Waals surface area contributed by atoms with Crippen LogP contribution < -0.4 is 5.32 Å². The Hall–Kier alpha value is -0.720. The minimum absolute atomic E-state index is 0.688. The van der Waals surface area contributed by atoms with Gasteiger partial charge >= 0.3 is 0 Å². The fraction of sp³-hybridized carbons (Fsp3) is 0.824. The van der Waals surface area contributed by atoms with Crippen molar-refractivity contribution in [3.05, 3.63) is 12.2 Å². The summed E-state index contributed by atoms with van der Waals surface area (Å²) in [4.78, 5) is 12.5. The molecule has 1 unspecified atom stereocenters. The molecular formula is C17H31N5S. The summed E-state index contributed by atoms with van der Waals surface area (Å²) in [6.07, 6.45) is 5.84. The quantitative estimate of drug-likeness (QED) is 0.459. The molecule has 130 valence electrons. The summed E-state index contributed by atoms with van der Waals surface area (Å²) in [5.41, 5.74) is 0. The Bertz CT molecular complexity index is 411. The highest BCUT2D eigenvalue weighted by molar-refractivity contribution is 7.99. The summed E-state index contributed by atoms with van der Waals surface area (Å²) in [5, 5.41) is 3.49. The highest BCUT2D eigenvalue weighted by atomic mass is 32.2. The lowest BCUT2D eigenvalue weighted by atomic mass is 10.2. The Balaban J connectivity index is 1.48. The number of hydrogen-bond acceptors (Lipinski definition) is 4. The zero-order valence-electron chi connectivity index (χ0n) is 14.4. The summed E-state index contributed by atoms with van der Waals surface area (Å²) >= 11 is 2.07. The molecule has 0 aliphatic carbocycles. The Morgan fingerprint density at radius 2 is 2.00 bits per heavy atom. The zero-order chi connectivity index (χ0) is 15.9. The van der Waals surface area contributed by atoms with Crippen molar-refractivity contribution in [1.82, 2.24) is 20.0 Å². The third-order valence-corrected chi connectivity index (χ3v) is 5.88. The number of guanidine groups is 1. The maximum atomic E-state index is 4.90. The largest absolute Gasteiger partial charge is 0.357 e. The van der Waals surface area contributed by atoms with Crippen LogP contribution in [0.15, 0.2) is 17.1 Å². The Morgan fingerprint density at radius 1 is 1.22 bits per heavy atom. The summed E-state index contributed by atoms with van der Waals surface area (Å²) in [6, 6.07) is 0.688. The molecule has 0 aromatic carbocycles.